The minimum Gasteiger partial charge on any atom is -0.542 e. The van der Waals surface area contributed by atoms with Crippen molar-refractivity contribution in [2.75, 3.05) is 0 Å². The molecular formula is C10H18O2Y-2. The van der Waals surface area contributed by atoms with Gasteiger partial charge in [-0.15, -0.1) is 0 Å². The first-order valence-electron chi connectivity index (χ1n) is 4.31. The van der Waals surface area contributed by atoms with Crippen molar-refractivity contribution in [1.29, 1.82) is 0 Å². The summed E-state index contributed by atoms with van der Waals surface area (Å²) in [6, 6.07) is 0. The van der Waals surface area contributed by atoms with Gasteiger partial charge in [0.1, 0.15) is 0 Å². The van der Waals surface area contributed by atoms with E-state index in [9.17, 15) is 9.59 Å². The summed E-state index contributed by atoms with van der Waals surface area (Å²) in [6.07, 6.45) is 4.73. The number of carbonyl (C=O) groups excluding carboxylic acids is 2. The van der Waals surface area contributed by atoms with Gasteiger partial charge in [-0.2, -0.15) is 12.3 Å². The zero-order valence-corrected chi connectivity index (χ0v) is 11.8. The Morgan fingerprint density at radius 2 is 1.54 bits per heavy atom. The molecule has 3 heteroatoms. The van der Waals surface area contributed by atoms with Crippen LogP contribution in [0.1, 0.15) is 40.5 Å². The predicted molar refractivity (Wildman–Crippen MR) is 50.3 cm³/mol. The van der Waals surface area contributed by atoms with E-state index in [1.165, 1.54) is 6.42 Å². The third-order valence-corrected chi connectivity index (χ3v) is 1.41. The zero-order chi connectivity index (χ0) is 9.98. The van der Waals surface area contributed by atoms with Crippen LogP contribution in [0.2, 0.25) is 0 Å². The summed E-state index contributed by atoms with van der Waals surface area (Å²) >= 11 is 0. The first-order valence-corrected chi connectivity index (χ1v) is 4.31. The molecule has 0 spiro atoms. The standard InChI is InChI=1S/C5H6O2.C5H12.Y/c1-5(4-7)2-3-6;1-4-5(2)3;/h5H,2H2,1H3;5H,4H2,1-3H3;/q-2;;. The van der Waals surface area contributed by atoms with Gasteiger partial charge in [0, 0.05) is 32.7 Å². The second-order valence-corrected chi connectivity index (χ2v) is 3.17. The van der Waals surface area contributed by atoms with Crippen molar-refractivity contribution < 1.29 is 42.3 Å². The number of rotatable bonds is 4. The van der Waals surface area contributed by atoms with Gasteiger partial charge >= 0.3 is 0 Å². The summed E-state index contributed by atoms with van der Waals surface area (Å²) in [6.45, 7) is 8.27. The van der Waals surface area contributed by atoms with Gasteiger partial charge in [-0.25, -0.2) is 0 Å². The van der Waals surface area contributed by atoms with Crippen molar-refractivity contribution in [1.82, 2.24) is 0 Å². The van der Waals surface area contributed by atoms with Gasteiger partial charge < -0.3 is 9.59 Å². The monoisotopic (exact) mass is 259 g/mol. The Balaban J connectivity index is -0.000000150. The molecular weight excluding hydrogens is 241 g/mol. The molecule has 1 unspecified atom stereocenters. The molecule has 0 aliphatic carbocycles. The van der Waals surface area contributed by atoms with E-state index in [1.807, 2.05) is 0 Å². The molecule has 0 aliphatic rings. The van der Waals surface area contributed by atoms with Crippen LogP contribution < -0.4 is 0 Å². The predicted octanol–water partition coefficient (Wildman–Crippen LogP) is 2.28. The Bertz CT molecular complexity index is 113. The Morgan fingerprint density at radius 1 is 1.15 bits per heavy atom. The van der Waals surface area contributed by atoms with Crippen LogP contribution in [0.4, 0.5) is 0 Å². The zero-order valence-electron chi connectivity index (χ0n) is 8.96. The van der Waals surface area contributed by atoms with Crippen molar-refractivity contribution in [3.05, 3.63) is 0 Å². The molecule has 2 nitrogen and oxygen atoms in total. The first-order chi connectivity index (χ1) is 5.58. The summed E-state index contributed by atoms with van der Waals surface area (Å²) in [7, 11) is 0. The van der Waals surface area contributed by atoms with Crippen LogP contribution in [0.15, 0.2) is 0 Å². The van der Waals surface area contributed by atoms with Crippen LogP contribution in [-0.2, 0) is 42.3 Å². The molecule has 0 N–H and O–H groups in total. The Morgan fingerprint density at radius 3 is 1.62 bits per heavy atom. The van der Waals surface area contributed by atoms with E-state index in [2.05, 4.69) is 20.8 Å². The maximum atomic E-state index is 9.59. The molecule has 0 fully saturated rings. The third kappa shape index (κ3) is 24.5. The molecule has 13 heavy (non-hydrogen) atoms. The summed E-state index contributed by atoms with van der Waals surface area (Å²) in [5.41, 5.74) is 0. The Kier molecular flexibility index (Phi) is 21.9. The van der Waals surface area contributed by atoms with E-state index < -0.39 is 0 Å². The largest absolute Gasteiger partial charge is 0.542 e. The average molecular weight is 259 g/mol. The van der Waals surface area contributed by atoms with E-state index in [0.29, 0.717) is 0 Å². The summed E-state index contributed by atoms with van der Waals surface area (Å²) in [5, 5.41) is 0. The van der Waals surface area contributed by atoms with E-state index in [4.69, 9.17) is 0 Å². The van der Waals surface area contributed by atoms with Crippen molar-refractivity contribution in [2.24, 2.45) is 11.8 Å². The summed E-state index contributed by atoms with van der Waals surface area (Å²) < 4.78 is 0. The van der Waals surface area contributed by atoms with Gasteiger partial charge in [0.15, 0.2) is 0 Å². The first kappa shape index (κ1) is 19.1. The minimum atomic E-state index is -0.280. The topological polar surface area (TPSA) is 34.1 Å². The average Bonchev–Trinajstić information content (AvgIpc) is 2.06. The molecule has 0 aromatic carbocycles. The molecule has 1 radical (unpaired) electrons. The van der Waals surface area contributed by atoms with Gasteiger partial charge in [-0.3, -0.25) is 12.6 Å². The van der Waals surface area contributed by atoms with E-state index in [-0.39, 0.29) is 45.0 Å². The van der Waals surface area contributed by atoms with Gasteiger partial charge in [0.2, 0.25) is 0 Å². The van der Waals surface area contributed by atoms with Crippen molar-refractivity contribution in [3.8, 4) is 0 Å². The van der Waals surface area contributed by atoms with Crippen LogP contribution in [0, 0.1) is 11.8 Å². The van der Waals surface area contributed by atoms with Crippen molar-refractivity contribution in [2.45, 2.75) is 40.5 Å². The molecule has 0 aromatic heterocycles. The maximum absolute atomic E-state index is 9.59. The normalized spacial score (nSPS) is 10.5. The second-order valence-electron chi connectivity index (χ2n) is 3.17. The Labute approximate surface area is 107 Å². The molecule has 0 aromatic rings. The second kappa shape index (κ2) is 14.9. The van der Waals surface area contributed by atoms with Crippen LogP contribution in [0.5, 0.6) is 0 Å². The van der Waals surface area contributed by atoms with E-state index in [1.54, 1.807) is 19.5 Å². The van der Waals surface area contributed by atoms with Crippen LogP contribution in [0.3, 0.4) is 0 Å². The smallest absolute Gasteiger partial charge is 0 e. The fourth-order valence-corrected chi connectivity index (χ4v) is 0.167. The molecule has 0 heterocycles. The third-order valence-electron chi connectivity index (χ3n) is 1.41. The fourth-order valence-electron chi connectivity index (χ4n) is 0.167. The fraction of sp³-hybridized carbons (Fsp3) is 0.800. The molecule has 0 amide bonds. The molecule has 0 saturated carbocycles. The molecule has 0 bridgehead atoms. The summed E-state index contributed by atoms with van der Waals surface area (Å²) in [4.78, 5) is 19.1. The Hall–Kier alpha value is 0.444. The molecule has 0 saturated heterocycles. The molecule has 0 rings (SSSR count). The molecule has 0 aliphatic heterocycles. The van der Waals surface area contributed by atoms with Crippen LogP contribution >= 0.6 is 0 Å². The number of hydrogen-bond acceptors (Lipinski definition) is 2. The minimum absolute atomic E-state index is 0. The quantitative estimate of drug-likeness (QED) is 0.726. The molecule has 1 atom stereocenters. The van der Waals surface area contributed by atoms with Gasteiger partial charge in [0.05, 0.1) is 0 Å². The van der Waals surface area contributed by atoms with Crippen molar-refractivity contribution in [3.63, 3.8) is 0 Å². The summed E-state index contributed by atoms with van der Waals surface area (Å²) in [5.74, 6) is 0.604. The van der Waals surface area contributed by atoms with E-state index in [0.717, 1.165) is 5.92 Å². The van der Waals surface area contributed by atoms with Crippen LogP contribution in [-0.4, -0.2) is 12.6 Å². The SMILES string of the molecule is CC([C-]=O)C[C-]=O.CCC(C)C.[Y]. The van der Waals surface area contributed by atoms with Gasteiger partial charge in [0.25, 0.3) is 0 Å². The van der Waals surface area contributed by atoms with Crippen LogP contribution in [0.25, 0.3) is 0 Å². The maximum Gasteiger partial charge on any atom is 0 e. The van der Waals surface area contributed by atoms with E-state index >= 15 is 0 Å². The van der Waals surface area contributed by atoms with Gasteiger partial charge in [-0.05, 0) is 5.92 Å². The molecule has 75 valence electrons. The van der Waals surface area contributed by atoms with Crippen molar-refractivity contribution >= 4 is 12.6 Å². The van der Waals surface area contributed by atoms with Gasteiger partial charge in [-0.1, -0.05) is 34.1 Å². The number of hydrogen-bond donors (Lipinski definition) is 0.